The van der Waals surface area contributed by atoms with Crippen LogP contribution in [-0.4, -0.2) is 41.9 Å². The first-order valence-electron chi connectivity index (χ1n) is 8.48. The van der Waals surface area contributed by atoms with Gasteiger partial charge in [0.05, 0.1) is 5.92 Å². The molecule has 2 aliphatic rings. The summed E-state index contributed by atoms with van der Waals surface area (Å²) in [6.07, 6.45) is 5.52. The van der Waals surface area contributed by atoms with Gasteiger partial charge in [0.15, 0.2) is 0 Å². The highest BCUT2D eigenvalue weighted by Crippen LogP contribution is 2.23. The molecular formula is C18H25FN2O. The van der Waals surface area contributed by atoms with Crippen molar-refractivity contribution >= 4 is 5.91 Å². The van der Waals surface area contributed by atoms with E-state index in [0.29, 0.717) is 12.5 Å². The number of carbonyl (C=O) groups excluding carboxylic acids is 1. The van der Waals surface area contributed by atoms with Gasteiger partial charge >= 0.3 is 0 Å². The summed E-state index contributed by atoms with van der Waals surface area (Å²) in [5.74, 6) is 0.267. The Morgan fingerprint density at radius 2 is 1.86 bits per heavy atom. The minimum absolute atomic E-state index is 0.0959. The summed E-state index contributed by atoms with van der Waals surface area (Å²) in [4.78, 5) is 16.9. The third kappa shape index (κ3) is 3.67. The Morgan fingerprint density at radius 1 is 1.09 bits per heavy atom. The molecule has 0 N–H and O–H groups in total. The second kappa shape index (κ2) is 7.23. The molecule has 1 atom stereocenters. The van der Waals surface area contributed by atoms with Crippen LogP contribution in [0.2, 0.25) is 0 Å². The van der Waals surface area contributed by atoms with Crippen LogP contribution >= 0.6 is 0 Å². The number of nitrogens with zero attached hydrogens (tertiary/aromatic N) is 2. The molecule has 2 aliphatic heterocycles. The first-order chi connectivity index (χ1) is 10.7. The van der Waals surface area contributed by atoms with Crippen LogP contribution in [0.4, 0.5) is 4.39 Å². The molecule has 120 valence electrons. The van der Waals surface area contributed by atoms with Gasteiger partial charge in [-0.2, -0.15) is 0 Å². The third-order valence-electron chi connectivity index (χ3n) is 4.87. The molecule has 0 radical (unpaired) electrons. The van der Waals surface area contributed by atoms with Crippen molar-refractivity contribution in [3.05, 3.63) is 35.6 Å². The molecule has 2 fully saturated rings. The van der Waals surface area contributed by atoms with Crippen molar-refractivity contribution in [2.45, 2.75) is 38.6 Å². The maximum absolute atomic E-state index is 13.8. The van der Waals surface area contributed by atoms with Crippen LogP contribution in [-0.2, 0) is 11.3 Å². The number of benzene rings is 1. The van der Waals surface area contributed by atoms with Gasteiger partial charge in [-0.05, 0) is 44.7 Å². The fourth-order valence-corrected chi connectivity index (χ4v) is 3.64. The molecule has 0 aromatic heterocycles. The molecule has 0 unspecified atom stereocenters. The van der Waals surface area contributed by atoms with Gasteiger partial charge in [0, 0.05) is 31.7 Å². The number of piperidine rings is 2. The van der Waals surface area contributed by atoms with Crippen molar-refractivity contribution in [2.24, 2.45) is 5.92 Å². The molecule has 1 aromatic carbocycles. The maximum atomic E-state index is 13.8. The van der Waals surface area contributed by atoms with E-state index in [1.807, 2.05) is 17.0 Å². The monoisotopic (exact) mass is 304 g/mol. The van der Waals surface area contributed by atoms with Gasteiger partial charge in [0.25, 0.3) is 0 Å². The van der Waals surface area contributed by atoms with Gasteiger partial charge in [0.1, 0.15) is 5.82 Å². The number of hydrogen-bond acceptors (Lipinski definition) is 2. The second-order valence-electron chi connectivity index (χ2n) is 6.55. The van der Waals surface area contributed by atoms with Crippen LogP contribution < -0.4 is 0 Å². The van der Waals surface area contributed by atoms with E-state index in [1.165, 1.54) is 12.5 Å². The van der Waals surface area contributed by atoms with Crippen LogP contribution in [0.3, 0.4) is 0 Å². The zero-order valence-corrected chi connectivity index (χ0v) is 13.1. The second-order valence-corrected chi connectivity index (χ2v) is 6.55. The molecule has 22 heavy (non-hydrogen) atoms. The summed E-state index contributed by atoms with van der Waals surface area (Å²) in [6.45, 7) is 4.17. The maximum Gasteiger partial charge on any atom is 0.226 e. The van der Waals surface area contributed by atoms with Crippen LogP contribution in [0.25, 0.3) is 0 Å². The van der Waals surface area contributed by atoms with Crippen molar-refractivity contribution in [1.29, 1.82) is 0 Å². The molecule has 0 spiro atoms. The van der Waals surface area contributed by atoms with Gasteiger partial charge in [-0.1, -0.05) is 18.2 Å². The topological polar surface area (TPSA) is 23.6 Å². The summed E-state index contributed by atoms with van der Waals surface area (Å²) in [7, 11) is 0. The lowest BCUT2D eigenvalue weighted by atomic mass is 9.95. The molecule has 2 saturated heterocycles. The van der Waals surface area contributed by atoms with E-state index in [4.69, 9.17) is 0 Å². The smallest absolute Gasteiger partial charge is 0.226 e. The average molecular weight is 304 g/mol. The molecular weight excluding hydrogens is 279 g/mol. The average Bonchev–Trinajstić information content (AvgIpc) is 2.57. The Balaban J connectivity index is 1.59. The number of hydrogen-bond donors (Lipinski definition) is 0. The van der Waals surface area contributed by atoms with Crippen molar-refractivity contribution in [3.8, 4) is 0 Å². The van der Waals surface area contributed by atoms with E-state index in [-0.39, 0.29) is 11.7 Å². The zero-order chi connectivity index (χ0) is 15.4. The van der Waals surface area contributed by atoms with Crippen LogP contribution in [0.1, 0.15) is 37.7 Å². The lowest BCUT2D eigenvalue weighted by molar-refractivity contribution is -0.138. The molecule has 1 amide bonds. The Kier molecular flexibility index (Phi) is 5.08. The number of amides is 1. The molecule has 0 bridgehead atoms. The van der Waals surface area contributed by atoms with Crippen molar-refractivity contribution in [3.63, 3.8) is 0 Å². The Morgan fingerprint density at radius 3 is 2.64 bits per heavy atom. The first kappa shape index (κ1) is 15.5. The van der Waals surface area contributed by atoms with Gasteiger partial charge in [-0.25, -0.2) is 4.39 Å². The predicted molar refractivity (Wildman–Crippen MR) is 84.8 cm³/mol. The van der Waals surface area contributed by atoms with E-state index in [2.05, 4.69) is 4.90 Å². The standard InChI is InChI=1S/C18H25FN2O/c19-17-9-3-2-7-15(17)13-20-10-6-8-16(14-20)18(22)21-11-4-1-5-12-21/h2-3,7,9,16H,1,4-6,8,10-14H2/t16-/m0/s1. The predicted octanol–water partition coefficient (Wildman–Crippen LogP) is 3.05. The van der Waals surface area contributed by atoms with Crippen molar-refractivity contribution in [1.82, 2.24) is 9.80 Å². The minimum atomic E-state index is -0.146. The lowest BCUT2D eigenvalue weighted by Gasteiger charge is -2.36. The highest BCUT2D eigenvalue weighted by atomic mass is 19.1. The van der Waals surface area contributed by atoms with E-state index >= 15 is 0 Å². The van der Waals surface area contributed by atoms with E-state index < -0.39 is 0 Å². The van der Waals surface area contributed by atoms with Crippen LogP contribution in [0.5, 0.6) is 0 Å². The number of rotatable bonds is 3. The molecule has 3 rings (SSSR count). The summed E-state index contributed by atoms with van der Waals surface area (Å²) < 4.78 is 13.8. The van der Waals surface area contributed by atoms with Gasteiger partial charge < -0.3 is 4.90 Å². The van der Waals surface area contributed by atoms with Crippen molar-refractivity contribution in [2.75, 3.05) is 26.2 Å². The fourth-order valence-electron chi connectivity index (χ4n) is 3.64. The molecule has 1 aromatic rings. The van der Waals surface area contributed by atoms with E-state index in [1.54, 1.807) is 6.07 Å². The highest BCUT2D eigenvalue weighted by molar-refractivity contribution is 5.79. The quantitative estimate of drug-likeness (QED) is 0.857. The van der Waals surface area contributed by atoms with E-state index in [0.717, 1.165) is 57.4 Å². The third-order valence-corrected chi connectivity index (χ3v) is 4.87. The molecule has 0 saturated carbocycles. The minimum Gasteiger partial charge on any atom is -0.342 e. The van der Waals surface area contributed by atoms with Gasteiger partial charge in [-0.15, -0.1) is 0 Å². The number of likely N-dealkylation sites (tertiary alicyclic amines) is 2. The largest absolute Gasteiger partial charge is 0.342 e. The molecule has 2 heterocycles. The first-order valence-corrected chi connectivity index (χ1v) is 8.48. The van der Waals surface area contributed by atoms with Gasteiger partial charge in [-0.3, -0.25) is 9.69 Å². The Labute approximate surface area is 132 Å². The van der Waals surface area contributed by atoms with Crippen molar-refractivity contribution < 1.29 is 9.18 Å². The normalized spacial score (nSPS) is 23.5. The lowest BCUT2D eigenvalue weighted by Crippen LogP contribution is -2.46. The Bertz CT molecular complexity index is 514. The number of carbonyl (C=O) groups is 1. The summed E-state index contributed by atoms with van der Waals surface area (Å²) in [5, 5.41) is 0. The number of halogens is 1. The SMILES string of the molecule is O=C([C@H]1CCCN(Cc2ccccc2F)C1)N1CCCCC1. The summed E-state index contributed by atoms with van der Waals surface area (Å²) >= 11 is 0. The summed E-state index contributed by atoms with van der Waals surface area (Å²) in [5.41, 5.74) is 0.730. The molecule has 4 heteroatoms. The summed E-state index contributed by atoms with van der Waals surface area (Å²) in [6, 6.07) is 6.94. The van der Waals surface area contributed by atoms with E-state index in [9.17, 15) is 9.18 Å². The highest BCUT2D eigenvalue weighted by Gasteiger charge is 2.30. The molecule has 3 nitrogen and oxygen atoms in total. The van der Waals surface area contributed by atoms with Crippen LogP contribution in [0.15, 0.2) is 24.3 Å². The fraction of sp³-hybridized carbons (Fsp3) is 0.611. The molecule has 0 aliphatic carbocycles. The van der Waals surface area contributed by atoms with Gasteiger partial charge in [0.2, 0.25) is 5.91 Å². The van der Waals surface area contributed by atoms with Crippen LogP contribution in [0, 0.1) is 11.7 Å². The zero-order valence-electron chi connectivity index (χ0n) is 13.1. The Hall–Kier alpha value is -1.42.